The Kier molecular flexibility index (Phi) is 4.71. The number of nitrogens with zero attached hydrogens (tertiary/aromatic N) is 2. The van der Waals surface area contributed by atoms with Crippen molar-refractivity contribution in [2.24, 2.45) is 5.92 Å². The van der Waals surface area contributed by atoms with E-state index >= 15 is 0 Å². The maximum Gasteiger partial charge on any atom is 0.275 e. The van der Waals surface area contributed by atoms with Gasteiger partial charge in [0.1, 0.15) is 6.54 Å². The summed E-state index contributed by atoms with van der Waals surface area (Å²) in [5.41, 5.74) is -0.263. The normalized spacial score (nSPS) is 21.3. The number of aliphatic hydroxyl groups excluding tert-OH is 1. The number of carbonyl (C=O) groups excluding carboxylic acids is 1. The molecule has 3 rings (SSSR count). The van der Waals surface area contributed by atoms with Gasteiger partial charge < -0.3 is 10.4 Å². The van der Waals surface area contributed by atoms with Crippen LogP contribution in [0.1, 0.15) is 25.7 Å². The van der Waals surface area contributed by atoms with E-state index in [2.05, 4.69) is 10.4 Å². The van der Waals surface area contributed by atoms with Gasteiger partial charge in [-0.2, -0.15) is 5.10 Å². The molecule has 1 aliphatic rings. The van der Waals surface area contributed by atoms with Crippen molar-refractivity contribution in [3.63, 3.8) is 0 Å². The molecule has 1 aromatic carbocycles. The molecule has 0 radical (unpaired) electrons. The first-order valence-corrected chi connectivity index (χ1v) is 8.04. The molecule has 0 spiro atoms. The number of rotatable bonds is 4. The van der Waals surface area contributed by atoms with Crippen molar-refractivity contribution in [1.29, 1.82) is 0 Å². The Morgan fingerprint density at radius 3 is 2.91 bits per heavy atom. The molecule has 1 aromatic heterocycles. The zero-order valence-corrected chi connectivity index (χ0v) is 12.9. The highest BCUT2D eigenvalue weighted by atomic mass is 16.3. The van der Waals surface area contributed by atoms with E-state index in [0.29, 0.717) is 5.39 Å². The maximum atomic E-state index is 12.4. The number of hydrogen-bond acceptors (Lipinski definition) is 4. The van der Waals surface area contributed by atoms with E-state index < -0.39 is 0 Å². The lowest BCUT2D eigenvalue weighted by Crippen LogP contribution is -2.45. The van der Waals surface area contributed by atoms with Crippen LogP contribution < -0.4 is 10.9 Å². The molecule has 2 atom stereocenters. The standard InChI is InChI=1S/C17H21N3O3/c21-11-13-6-2-4-8-15(13)19-16(22)10-20-17(23)14-7-3-1-5-12(14)9-18-20/h1,3,5,7,9,13,15,21H,2,4,6,8,10-11H2,(H,19,22). The number of hydrogen-bond donors (Lipinski definition) is 2. The van der Waals surface area contributed by atoms with Gasteiger partial charge in [-0.15, -0.1) is 0 Å². The SMILES string of the molecule is O=C(Cn1ncc2ccccc2c1=O)NC1CCCCC1CO. The van der Waals surface area contributed by atoms with Crippen molar-refractivity contribution in [2.45, 2.75) is 38.3 Å². The van der Waals surface area contributed by atoms with Crippen LogP contribution in [0, 0.1) is 5.92 Å². The van der Waals surface area contributed by atoms with Gasteiger partial charge in [0.25, 0.3) is 5.56 Å². The third-order valence-corrected chi connectivity index (χ3v) is 4.55. The van der Waals surface area contributed by atoms with Crippen LogP contribution in [-0.4, -0.2) is 33.4 Å². The average Bonchev–Trinajstić information content (AvgIpc) is 2.58. The van der Waals surface area contributed by atoms with Gasteiger partial charge in [0, 0.05) is 24.0 Å². The third kappa shape index (κ3) is 3.42. The third-order valence-electron chi connectivity index (χ3n) is 4.55. The summed E-state index contributed by atoms with van der Waals surface area (Å²) in [6, 6.07) is 7.18. The predicted molar refractivity (Wildman–Crippen MR) is 87.0 cm³/mol. The van der Waals surface area contributed by atoms with E-state index in [4.69, 9.17) is 0 Å². The summed E-state index contributed by atoms with van der Waals surface area (Å²) in [5, 5.41) is 17.7. The van der Waals surface area contributed by atoms with Gasteiger partial charge in [-0.25, -0.2) is 4.68 Å². The van der Waals surface area contributed by atoms with E-state index in [1.165, 1.54) is 4.68 Å². The van der Waals surface area contributed by atoms with Gasteiger partial charge >= 0.3 is 0 Å². The largest absolute Gasteiger partial charge is 0.396 e. The molecule has 0 bridgehead atoms. The van der Waals surface area contributed by atoms with E-state index in [1.54, 1.807) is 18.3 Å². The van der Waals surface area contributed by atoms with Crippen LogP contribution in [0.2, 0.25) is 0 Å². The van der Waals surface area contributed by atoms with Crippen LogP contribution in [0.25, 0.3) is 10.8 Å². The summed E-state index contributed by atoms with van der Waals surface area (Å²) in [4.78, 5) is 24.6. The van der Waals surface area contributed by atoms with Crippen molar-refractivity contribution < 1.29 is 9.90 Å². The van der Waals surface area contributed by atoms with Gasteiger partial charge in [0.15, 0.2) is 0 Å². The Hall–Kier alpha value is -2.21. The minimum atomic E-state index is -0.263. The molecule has 23 heavy (non-hydrogen) atoms. The Balaban J connectivity index is 1.73. The molecule has 6 heteroatoms. The molecule has 6 nitrogen and oxygen atoms in total. The monoisotopic (exact) mass is 315 g/mol. The van der Waals surface area contributed by atoms with Crippen LogP contribution in [0.5, 0.6) is 0 Å². The molecule has 2 unspecified atom stereocenters. The van der Waals surface area contributed by atoms with Crippen LogP contribution in [0.4, 0.5) is 0 Å². The smallest absolute Gasteiger partial charge is 0.275 e. The molecule has 122 valence electrons. The lowest BCUT2D eigenvalue weighted by Gasteiger charge is -2.30. The second kappa shape index (κ2) is 6.91. The lowest BCUT2D eigenvalue weighted by atomic mass is 9.85. The van der Waals surface area contributed by atoms with Crippen LogP contribution in [0.3, 0.4) is 0 Å². The Bertz CT molecular complexity index is 756. The Labute approximate surface area is 134 Å². The quantitative estimate of drug-likeness (QED) is 0.884. The molecule has 1 heterocycles. The maximum absolute atomic E-state index is 12.4. The summed E-state index contributed by atoms with van der Waals surface area (Å²) in [6.07, 6.45) is 5.53. The number of carbonyl (C=O) groups is 1. The molecular weight excluding hydrogens is 294 g/mol. The van der Waals surface area contributed by atoms with E-state index in [9.17, 15) is 14.7 Å². The van der Waals surface area contributed by atoms with Gasteiger partial charge in [0.05, 0.1) is 11.6 Å². The number of fused-ring (bicyclic) bond motifs is 1. The molecular formula is C17H21N3O3. The van der Waals surface area contributed by atoms with Crippen molar-refractivity contribution >= 4 is 16.7 Å². The van der Waals surface area contributed by atoms with Crippen LogP contribution >= 0.6 is 0 Å². The van der Waals surface area contributed by atoms with Gasteiger partial charge in [-0.3, -0.25) is 9.59 Å². The highest BCUT2D eigenvalue weighted by Crippen LogP contribution is 2.23. The number of aliphatic hydroxyl groups is 1. The van der Waals surface area contributed by atoms with Gasteiger partial charge in [0.2, 0.25) is 5.91 Å². The Morgan fingerprint density at radius 2 is 2.09 bits per heavy atom. The summed E-state index contributed by atoms with van der Waals surface area (Å²) in [5.74, 6) is -0.130. The predicted octanol–water partition coefficient (Wildman–Crippen LogP) is 1.06. The zero-order chi connectivity index (χ0) is 16.2. The lowest BCUT2D eigenvalue weighted by molar-refractivity contribution is -0.123. The van der Waals surface area contributed by atoms with Crippen LogP contribution in [-0.2, 0) is 11.3 Å². The number of aromatic nitrogens is 2. The van der Waals surface area contributed by atoms with Crippen molar-refractivity contribution in [3.05, 3.63) is 40.8 Å². The molecule has 2 aromatic rings. The molecule has 1 amide bonds. The first kappa shape index (κ1) is 15.7. The highest BCUT2D eigenvalue weighted by Gasteiger charge is 2.25. The minimum absolute atomic E-state index is 0.0163. The van der Waals surface area contributed by atoms with E-state index in [0.717, 1.165) is 31.1 Å². The summed E-state index contributed by atoms with van der Waals surface area (Å²) in [7, 11) is 0. The molecule has 2 N–H and O–H groups in total. The fourth-order valence-electron chi connectivity index (χ4n) is 3.25. The molecule has 0 saturated heterocycles. The number of nitrogens with one attached hydrogen (secondary N) is 1. The van der Waals surface area contributed by atoms with Crippen molar-refractivity contribution in [1.82, 2.24) is 15.1 Å². The Morgan fingerprint density at radius 1 is 1.30 bits per heavy atom. The summed E-state index contributed by atoms with van der Waals surface area (Å²) < 4.78 is 1.19. The number of benzene rings is 1. The van der Waals surface area contributed by atoms with E-state index in [1.807, 2.05) is 12.1 Å². The topological polar surface area (TPSA) is 84.2 Å². The van der Waals surface area contributed by atoms with Crippen molar-refractivity contribution in [3.8, 4) is 0 Å². The summed E-state index contributed by atoms with van der Waals surface area (Å²) in [6.45, 7) is -0.0164. The summed E-state index contributed by atoms with van der Waals surface area (Å²) >= 11 is 0. The first-order chi connectivity index (χ1) is 11.2. The second-order valence-electron chi connectivity index (χ2n) is 6.10. The minimum Gasteiger partial charge on any atom is -0.396 e. The first-order valence-electron chi connectivity index (χ1n) is 8.04. The van der Waals surface area contributed by atoms with E-state index in [-0.39, 0.29) is 36.6 Å². The molecule has 1 aliphatic carbocycles. The molecule has 0 aliphatic heterocycles. The average molecular weight is 315 g/mol. The highest BCUT2D eigenvalue weighted by molar-refractivity contribution is 5.81. The van der Waals surface area contributed by atoms with Gasteiger partial charge in [-0.05, 0) is 18.9 Å². The molecule has 1 saturated carbocycles. The fourth-order valence-corrected chi connectivity index (χ4v) is 3.25. The second-order valence-corrected chi connectivity index (χ2v) is 6.10. The fraction of sp³-hybridized carbons (Fsp3) is 0.471. The zero-order valence-electron chi connectivity index (χ0n) is 12.9. The van der Waals surface area contributed by atoms with Crippen LogP contribution in [0.15, 0.2) is 35.3 Å². The van der Waals surface area contributed by atoms with Crippen molar-refractivity contribution in [2.75, 3.05) is 6.61 Å². The molecule has 1 fully saturated rings. The number of amides is 1. The van der Waals surface area contributed by atoms with Gasteiger partial charge in [-0.1, -0.05) is 31.0 Å².